The van der Waals surface area contributed by atoms with Crippen molar-refractivity contribution in [2.45, 2.75) is 6.92 Å². The summed E-state index contributed by atoms with van der Waals surface area (Å²) in [6.45, 7) is 2.26. The largest absolute Gasteiger partial charge is 0.489 e. The Morgan fingerprint density at radius 1 is 1.57 bits per heavy atom. The number of nitrogens with one attached hydrogen (secondary N) is 1. The van der Waals surface area contributed by atoms with Crippen LogP contribution in [-0.2, 0) is 4.79 Å². The van der Waals surface area contributed by atoms with Crippen molar-refractivity contribution >= 4 is 27.5 Å². The molecule has 0 radical (unpaired) electrons. The van der Waals surface area contributed by atoms with Gasteiger partial charge in [0, 0.05) is 0 Å². The van der Waals surface area contributed by atoms with Crippen molar-refractivity contribution in [1.29, 1.82) is 0 Å². The molecular weight excluding hydrogens is 246 g/mol. The predicted octanol–water partition coefficient (Wildman–Crippen LogP) is 2.42. The van der Waals surface area contributed by atoms with Crippen molar-refractivity contribution in [3.63, 3.8) is 0 Å². The molecule has 74 valence electrons. The summed E-state index contributed by atoms with van der Waals surface area (Å²) in [5.74, 6) is 0.598. The summed E-state index contributed by atoms with van der Waals surface area (Å²) >= 11 is 3.38. The van der Waals surface area contributed by atoms with Crippen LogP contribution in [0.4, 0.5) is 5.69 Å². The van der Waals surface area contributed by atoms with E-state index in [4.69, 9.17) is 4.74 Å². The Balaban J connectivity index is 2.42. The van der Waals surface area contributed by atoms with Gasteiger partial charge in [-0.25, -0.2) is 0 Å². The monoisotopic (exact) mass is 255 g/mol. The van der Waals surface area contributed by atoms with E-state index in [0.717, 1.165) is 10.2 Å². The summed E-state index contributed by atoms with van der Waals surface area (Å²) in [6.07, 6.45) is 0. The first-order valence-electron chi connectivity index (χ1n) is 4.40. The molecule has 0 saturated heterocycles. The topological polar surface area (TPSA) is 38.3 Å². The first-order chi connectivity index (χ1) is 6.68. The normalized spacial score (nSPS) is 20.4. The molecule has 1 amide bonds. The number of ether oxygens (including phenoxy) is 1. The molecule has 1 aliphatic heterocycles. The van der Waals surface area contributed by atoms with Crippen LogP contribution in [-0.4, -0.2) is 12.5 Å². The fraction of sp³-hybridized carbons (Fsp3) is 0.300. The zero-order chi connectivity index (χ0) is 10.1. The highest BCUT2D eigenvalue weighted by Gasteiger charge is 2.21. The molecule has 1 N–H and O–H groups in total. The van der Waals surface area contributed by atoms with Gasteiger partial charge < -0.3 is 10.1 Å². The van der Waals surface area contributed by atoms with Crippen molar-refractivity contribution in [3.8, 4) is 5.75 Å². The van der Waals surface area contributed by atoms with Crippen LogP contribution in [0.25, 0.3) is 0 Å². The van der Waals surface area contributed by atoms with E-state index in [-0.39, 0.29) is 11.8 Å². The quantitative estimate of drug-likeness (QED) is 0.774. The van der Waals surface area contributed by atoms with Crippen LogP contribution in [0, 0.1) is 5.92 Å². The standard InChI is InChI=1S/C10H10BrNO2/c1-6-5-14-9-7(11)3-2-4-8(9)12-10(6)13/h2-4,6H,5H2,1H3,(H,12,13). The fourth-order valence-corrected chi connectivity index (χ4v) is 1.77. The number of halogens is 1. The summed E-state index contributed by atoms with van der Waals surface area (Å²) in [5.41, 5.74) is 0.730. The van der Waals surface area contributed by atoms with Gasteiger partial charge in [0.15, 0.2) is 5.75 Å². The molecule has 0 bridgehead atoms. The minimum absolute atomic E-state index is 0.00171. The molecule has 1 aliphatic rings. The second kappa shape index (κ2) is 3.61. The third kappa shape index (κ3) is 1.62. The molecule has 0 aliphatic carbocycles. The van der Waals surface area contributed by atoms with E-state index in [1.54, 1.807) is 0 Å². The molecule has 1 aromatic rings. The lowest BCUT2D eigenvalue weighted by Crippen LogP contribution is -2.21. The second-order valence-corrected chi connectivity index (χ2v) is 4.17. The molecular formula is C10H10BrNO2. The summed E-state index contributed by atoms with van der Waals surface area (Å²) in [6, 6.07) is 5.58. The Bertz CT molecular complexity index is 378. The maximum absolute atomic E-state index is 11.5. The summed E-state index contributed by atoms with van der Waals surface area (Å²) in [4.78, 5) is 11.5. The van der Waals surface area contributed by atoms with E-state index in [9.17, 15) is 4.79 Å². The molecule has 4 heteroatoms. The highest BCUT2D eigenvalue weighted by molar-refractivity contribution is 9.10. The number of carbonyl (C=O) groups is 1. The van der Waals surface area contributed by atoms with Crippen molar-refractivity contribution in [1.82, 2.24) is 0 Å². The lowest BCUT2D eigenvalue weighted by atomic mass is 10.2. The predicted molar refractivity (Wildman–Crippen MR) is 57.4 cm³/mol. The van der Waals surface area contributed by atoms with E-state index >= 15 is 0 Å². The van der Waals surface area contributed by atoms with Crippen LogP contribution in [0.1, 0.15) is 6.92 Å². The summed E-state index contributed by atoms with van der Waals surface area (Å²) in [5, 5.41) is 2.82. The Morgan fingerprint density at radius 3 is 3.14 bits per heavy atom. The van der Waals surface area contributed by atoms with Gasteiger partial charge >= 0.3 is 0 Å². The number of anilines is 1. The second-order valence-electron chi connectivity index (χ2n) is 3.32. The van der Waals surface area contributed by atoms with Crippen LogP contribution < -0.4 is 10.1 Å². The number of hydrogen-bond donors (Lipinski definition) is 1. The van der Waals surface area contributed by atoms with Gasteiger partial charge in [-0.2, -0.15) is 0 Å². The van der Waals surface area contributed by atoms with Gasteiger partial charge in [0.25, 0.3) is 0 Å². The van der Waals surface area contributed by atoms with Crippen LogP contribution in [0.5, 0.6) is 5.75 Å². The third-order valence-corrected chi connectivity index (χ3v) is 2.77. The number of para-hydroxylation sites is 1. The van der Waals surface area contributed by atoms with Crippen LogP contribution in [0.3, 0.4) is 0 Å². The van der Waals surface area contributed by atoms with E-state index in [2.05, 4.69) is 21.2 Å². The average Bonchev–Trinajstić information content (AvgIpc) is 2.29. The Hall–Kier alpha value is -1.03. The highest BCUT2D eigenvalue weighted by atomic mass is 79.9. The molecule has 3 nitrogen and oxygen atoms in total. The zero-order valence-corrected chi connectivity index (χ0v) is 9.30. The van der Waals surface area contributed by atoms with Crippen LogP contribution >= 0.6 is 15.9 Å². The average molecular weight is 256 g/mol. The first kappa shape index (κ1) is 9.52. The number of benzene rings is 1. The van der Waals surface area contributed by atoms with Crippen LogP contribution in [0.15, 0.2) is 22.7 Å². The third-order valence-electron chi connectivity index (χ3n) is 2.15. The molecule has 14 heavy (non-hydrogen) atoms. The molecule has 1 atom stereocenters. The summed E-state index contributed by atoms with van der Waals surface area (Å²) in [7, 11) is 0. The molecule has 1 unspecified atom stereocenters. The Kier molecular flexibility index (Phi) is 2.46. The van der Waals surface area contributed by atoms with Crippen LogP contribution in [0.2, 0.25) is 0 Å². The molecule has 2 rings (SSSR count). The van der Waals surface area contributed by atoms with Gasteiger partial charge in [-0.3, -0.25) is 4.79 Å². The highest BCUT2D eigenvalue weighted by Crippen LogP contribution is 2.35. The smallest absolute Gasteiger partial charge is 0.230 e. The number of hydrogen-bond acceptors (Lipinski definition) is 2. The maximum atomic E-state index is 11.5. The van der Waals surface area contributed by atoms with Crippen molar-refractivity contribution in [3.05, 3.63) is 22.7 Å². The molecule has 1 heterocycles. The number of amides is 1. The Labute approximate surface area is 90.6 Å². The van der Waals surface area contributed by atoms with Gasteiger partial charge in [0.2, 0.25) is 5.91 Å². The SMILES string of the molecule is CC1COc2c(Br)cccc2NC1=O. The lowest BCUT2D eigenvalue weighted by Gasteiger charge is -2.07. The van der Waals surface area contributed by atoms with E-state index in [1.807, 2.05) is 25.1 Å². The molecule has 0 aromatic heterocycles. The van der Waals surface area contributed by atoms with Crippen molar-refractivity contribution in [2.24, 2.45) is 5.92 Å². The zero-order valence-electron chi connectivity index (χ0n) is 7.71. The molecule has 1 aromatic carbocycles. The number of rotatable bonds is 0. The first-order valence-corrected chi connectivity index (χ1v) is 5.20. The lowest BCUT2D eigenvalue weighted by molar-refractivity contribution is -0.119. The Morgan fingerprint density at radius 2 is 2.36 bits per heavy atom. The van der Waals surface area contributed by atoms with E-state index in [0.29, 0.717) is 12.4 Å². The fourth-order valence-electron chi connectivity index (χ4n) is 1.29. The van der Waals surface area contributed by atoms with Crippen molar-refractivity contribution < 1.29 is 9.53 Å². The number of fused-ring (bicyclic) bond motifs is 1. The summed E-state index contributed by atoms with van der Waals surface area (Å²) < 4.78 is 6.40. The molecule has 0 saturated carbocycles. The van der Waals surface area contributed by atoms with E-state index < -0.39 is 0 Å². The van der Waals surface area contributed by atoms with Gasteiger partial charge in [-0.15, -0.1) is 0 Å². The van der Waals surface area contributed by atoms with E-state index in [1.165, 1.54) is 0 Å². The number of carbonyl (C=O) groups excluding carboxylic acids is 1. The van der Waals surface area contributed by atoms with Crippen molar-refractivity contribution in [2.75, 3.05) is 11.9 Å². The minimum Gasteiger partial charge on any atom is -0.489 e. The minimum atomic E-state index is -0.116. The van der Waals surface area contributed by atoms with Gasteiger partial charge in [-0.05, 0) is 28.1 Å². The molecule has 0 spiro atoms. The molecule has 0 fully saturated rings. The maximum Gasteiger partial charge on any atom is 0.230 e. The van der Waals surface area contributed by atoms with Gasteiger partial charge in [0.1, 0.15) is 0 Å². The van der Waals surface area contributed by atoms with Gasteiger partial charge in [-0.1, -0.05) is 13.0 Å². The van der Waals surface area contributed by atoms with Gasteiger partial charge in [0.05, 0.1) is 22.7 Å².